The quantitative estimate of drug-likeness (QED) is 0.134. The van der Waals surface area contributed by atoms with Crippen LogP contribution >= 0.6 is 63.6 Å². The molecule has 2 radical (unpaired) electrons. The van der Waals surface area contributed by atoms with E-state index in [0.717, 1.165) is 63.6 Å². The number of hydrogen-bond acceptors (Lipinski definition) is 9. The molecule has 0 amide bonds. The zero-order chi connectivity index (χ0) is 13.5. The molecular formula is I3O9S3Sb. The second-order valence-electron chi connectivity index (χ2n) is 1.18. The minimum absolute atomic E-state index is 0. The molecule has 0 heterocycles. The summed E-state index contributed by atoms with van der Waals surface area (Å²) in [6, 6.07) is 0. The van der Waals surface area contributed by atoms with Crippen molar-refractivity contribution in [3.05, 3.63) is 0 Å². The molecule has 0 aromatic carbocycles. The third kappa shape index (κ3) is 553. The van der Waals surface area contributed by atoms with Crippen LogP contribution in [0.4, 0.5) is 0 Å². The fraction of sp³-hybridized carbons (Fsp3) is 0. The van der Waals surface area contributed by atoms with Crippen molar-refractivity contribution >= 4 is 110 Å². The van der Waals surface area contributed by atoms with E-state index in [2.05, 4.69) is 0 Å². The van der Waals surface area contributed by atoms with Crippen LogP contribution in [-0.4, -0.2) is 63.3 Å². The predicted octanol–water partition coefficient (Wildman–Crippen LogP) is -0.736. The van der Waals surface area contributed by atoms with Crippen molar-refractivity contribution in [1.82, 2.24) is 0 Å². The van der Waals surface area contributed by atoms with Gasteiger partial charge in [0, 0.05) is 0 Å². The third-order valence-electron chi connectivity index (χ3n) is 0. The van der Waals surface area contributed by atoms with Crippen LogP contribution in [0.1, 0.15) is 0 Å². The molecular weight excluding hydrogens is 743 g/mol. The predicted molar refractivity (Wildman–Crippen MR) is 76.9 cm³/mol. The van der Waals surface area contributed by atoms with Gasteiger partial charge in [-0.2, -0.15) is 0 Å². The Labute approximate surface area is 146 Å². The van der Waals surface area contributed by atoms with E-state index in [0.29, 0.717) is 0 Å². The van der Waals surface area contributed by atoms with Crippen LogP contribution in [0.5, 0.6) is 0 Å². The van der Waals surface area contributed by atoms with Crippen LogP contribution in [0.15, 0.2) is 0 Å². The second kappa shape index (κ2) is 11.6. The maximum atomic E-state index is 9.06. The smallest absolute Gasteiger partial charge is 0.740 e. The normalized spacial score (nSPS) is 10.9. The molecule has 0 rings (SSSR count). The van der Waals surface area contributed by atoms with Crippen molar-refractivity contribution in [2.24, 2.45) is 0 Å². The van der Waals surface area contributed by atoms with Gasteiger partial charge in [-0.1, -0.05) is 0 Å². The first kappa shape index (κ1) is 27.1. The van der Waals surface area contributed by atoms with E-state index >= 15 is 0 Å². The Kier molecular flexibility index (Phi) is 19.6. The van der Waals surface area contributed by atoms with Gasteiger partial charge in [-0.15, -0.1) is 0 Å². The van der Waals surface area contributed by atoms with Gasteiger partial charge in [0.05, 0.1) is 63.6 Å². The first-order valence-corrected chi connectivity index (χ1v) is 13.8. The zero-order valence-electron chi connectivity index (χ0n) is 6.48. The monoisotopic (exact) mass is 741 g/mol. The zero-order valence-corrected chi connectivity index (χ0v) is 18.0. The largest absolute Gasteiger partial charge is 3.00 e. The number of rotatable bonds is 0. The summed E-state index contributed by atoms with van der Waals surface area (Å²) in [4.78, 5) is 0. The molecule has 0 fully saturated rings. The molecule has 0 unspecified atom stereocenters. The summed E-state index contributed by atoms with van der Waals surface area (Å²) in [6.45, 7) is 0. The van der Waals surface area contributed by atoms with Crippen molar-refractivity contribution in [2.75, 3.05) is 0 Å². The Balaban J connectivity index is -0.0000000655. The summed E-state index contributed by atoms with van der Waals surface area (Å²) < 4.78 is 81.6. The molecule has 0 N–H and O–H groups in total. The van der Waals surface area contributed by atoms with E-state index in [9.17, 15) is 0 Å². The molecule has 0 aliphatic heterocycles. The second-order valence-corrected chi connectivity index (χ2v) is 13.2. The summed E-state index contributed by atoms with van der Waals surface area (Å²) in [6.07, 6.45) is 0. The topological polar surface area (TPSA) is 172 Å². The maximum absolute atomic E-state index is 9.06. The van der Waals surface area contributed by atoms with Crippen molar-refractivity contribution in [2.45, 2.75) is 0 Å². The summed E-state index contributed by atoms with van der Waals surface area (Å²) >= 11 is 2.38. The molecule has 0 aromatic heterocycles. The first-order valence-electron chi connectivity index (χ1n) is 1.96. The fourth-order valence-corrected chi connectivity index (χ4v) is 0. The first-order chi connectivity index (χ1) is 6.00. The van der Waals surface area contributed by atoms with Crippen LogP contribution in [-0.2, 0) is 21.9 Å². The number of hydrogen-bond donors (Lipinski definition) is 0. The Morgan fingerprint density at radius 1 is 0.562 bits per heavy atom. The van der Waals surface area contributed by atoms with Gasteiger partial charge in [0.1, 0.15) is 0 Å². The van der Waals surface area contributed by atoms with Gasteiger partial charge in [-0.05, 0) is 0 Å². The van der Waals surface area contributed by atoms with Crippen LogP contribution in [0.25, 0.3) is 0 Å². The maximum Gasteiger partial charge on any atom is 3.00 e. The Bertz CT molecular complexity index is 347. The van der Waals surface area contributed by atoms with Crippen LogP contribution in [0.2, 0.25) is 0 Å². The van der Waals surface area contributed by atoms with Gasteiger partial charge in [-0.25, -0.2) is 25.3 Å². The van der Waals surface area contributed by atoms with Crippen LogP contribution in [0.3, 0.4) is 0 Å². The summed E-state index contributed by atoms with van der Waals surface area (Å²) in [5, 5.41) is 0. The fourth-order valence-electron chi connectivity index (χ4n) is 0. The van der Waals surface area contributed by atoms with E-state index in [1.807, 2.05) is 0 Å². The molecule has 9 nitrogen and oxygen atoms in total. The molecule has 0 saturated heterocycles. The standard InChI is InChI=1S/3HIO3S.Sb/c3*1-5(2,3)4;/h3*(H,2,3,4);/q;;;+3/p-3. The van der Waals surface area contributed by atoms with E-state index in [1.165, 1.54) is 0 Å². The third-order valence-corrected chi connectivity index (χ3v) is 0. The molecule has 16 heteroatoms. The Hall–Kier alpha value is 2.74. The summed E-state index contributed by atoms with van der Waals surface area (Å²) in [5.74, 6) is 0. The van der Waals surface area contributed by atoms with E-state index in [4.69, 9.17) is 38.9 Å². The van der Waals surface area contributed by atoms with Gasteiger partial charge >= 0.3 is 24.4 Å². The molecule has 0 aromatic rings. The van der Waals surface area contributed by atoms with Gasteiger partial charge < -0.3 is 13.7 Å². The molecule has 0 aliphatic carbocycles. The SMILES string of the molecule is O=S(=O)([O-])I.O=S(=O)([O-])I.O=S(=O)([O-])I.[Sb+3]. The minimum atomic E-state index is -3.95. The Morgan fingerprint density at radius 2 is 0.562 bits per heavy atom. The molecule has 0 aliphatic rings. The molecule has 0 saturated carbocycles. The van der Waals surface area contributed by atoms with Crippen LogP contribution < -0.4 is 0 Å². The molecule has 0 bridgehead atoms. The van der Waals surface area contributed by atoms with Gasteiger partial charge in [0.15, 0.2) is 21.9 Å². The van der Waals surface area contributed by atoms with Gasteiger partial charge in [0.2, 0.25) is 0 Å². The van der Waals surface area contributed by atoms with Crippen molar-refractivity contribution in [3.8, 4) is 0 Å². The Morgan fingerprint density at radius 3 is 0.562 bits per heavy atom. The summed E-state index contributed by atoms with van der Waals surface area (Å²) in [7, 11) is -11.8. The van der Waals surface area contributed by atoms with Crippen LogP contribution in [0, 0.1) is 0 Å². The molecule has 0 atom stereocenters. The van der Waals surface area contributed by atoms with Gasteiger partial charge in [-0.3, -0.25) is 0 Å². The van der Waals surface area contributed by atoms with Crippen molar-refractivity contribution in [3.63, 3.8) is 0 Å². The molecule has 0 spiro atoms. The summed E-state index contributed by atoms with van der Waals surface area (Å²) in [5.41, 5.74) is 0. The van der Waals surface area contributed by atoms with E-state index in [1.54, 1.807) is 0 Å². The minimum Gasteiger partial charge on any atom is -0.740 e. The average molecular weight is 743 g/mol. The van der Waals surface area contributed by atoms with Crippen molar-refractivity contribution in [1.29, 1.82) is 0 Å². The molecule has 98 valence electrons. The molecule has 16 heavy (non-hydrogen) atoms. The average Bonchev–Trinajstić information content (AvgIpc) is 1.41. The van der Waals surface area contributed by atoms with E-state index < -0.39 is 21.9 Å². The number of halogens is 3. The van der Waals surface area contributed by atoms with Gasteiger partial charge in [0.25, 0.3) is 0 Å². The van der Waals surface area contributed by atoms with Crippen molar-refractivity contribution < 1.29 is 38.9 Å². The van der Waals surface area contributed by atoms with E-state index in [-0.39, 0.29) is 24.4 Å².